The molecule has 0 radical (unpaired) electrons. The van der Waals surface area contributed by atoms with E-state index in [4.69, 9.17) is 4.74 Å². The molecular formula is C15H27N3O2. The van der Waals surface area contributed by atoms with Gasteiger partial charge in [-0.2, -0.15) is 0 Å². The number of hydrogen-bond donors (Lipinski definition) is 1. The Morgan fingerprint density at radius 2 is 1.90 bits per heavy atom. The molecule has 0 aromatic heterocycles. The van der Waals surface area contributed by atoms with E-state index < -0.39 is 5.60 Å². The van der Waals surface area contributed by atoms with Crippen molar-refractivity contribution in [3.63, 3.8) is 0 Å². The highest BCUT2D eigenvalue weighted by Crippen LogP contribution is 2.25. The van der Waals surface area contributed by atoms with Crippen molar-refractivity contribution in [2.75, 3.05) is 45.9 Å². The van der Waals surface area contributed by atoms with Gasteiger partial charge in [0, 0.05) is 45.3 Å². The van der Waals surface area contributed by atoms with Gasteiger partial charge in [0.05, 0.1) is 6.61 Å². The fourth-order valence-electron chi connectivity index (χ4n) is 3.76. The molecule has 0 aromatic carbocycles. The standard InChI is InChI=1S/C15H27N3O2/c1-15(12-16-6-11-20-15)14(19)18-9-7-17(8-10-18)13-4-2-3-5-13/h13,16H,2-12H2,1H3/t15-/m1/s1. The molecule has 2 saturated heterocycles. The molecule has 3 rings (SSSR count). The molecule has 114 valence electrons. The minimum atomic E-state index is -0.659. The number of amides is 1. The van der Waals surface area contributed by atoms with Crippen LogP contribution in [-0.4, -0.2) is 73.2 Å². The molecule has 1 saturated carbocycles. The first-order chi connectivity index (χ1) is 9.69. The average Bonchev–Trinajstić information content (AvgIpc) is 3.02. The fraction of sp³-hybridized carbons (Fsp3) is 0.933. The van der Waals surface area contributed by atoms with Gasteiger partial charge in [0.2, 0.25) is 0 Å². The van der Waals surface area contributed by atoms with Crippen LogP contribution in [0.2, 0.25) is 0 Å². The molecule has 0 bridgehead atoms. The first-order valence-electron chi connectivity index (χ1n) is 8.07. The number of hydrogen-bond acceptors (Lipinski definition) is 4. The number of nitrogens with one attached hydrogen (secondary N) is 1. The van der Waals surface area contributed by atoms with Gasteiger partial charge in [-0.3, -0.25) is 9.69 Å². The Morgan fingerprint density at radius 3 is 2.50 bits per heavy atom. The predicted molar refractivity (Wildman–Crippen MR) is 77.6 cm³/mol. The number of morpholine rings is 1. The summed E-state index contributed by atoms with van der Waals surface area (Å²) in [5.41, 5.74) is -0.659. The highest BCUT2D eigenvalue weighted by Gasteiger charge is 2.40. The monoisotopic (exact) mass is 281 g/mol. The second kappa shape index (κ2) is 6.00. The summed E-state index contributed by atoms with van der Waals surface area (Å²) in [6, 6.07) is 0.774. The lowest BCUT2D eigenvalue weighted by Crippen LogP contribution is -2.61. The third kappa shape index (κ3) is 2.85. The SMILES string of the molecule is C[C@]1(C(=O)N2CCN(C3CCCC3)CC2)CNCCO1. The van der Waals surface area contributed by atoms with Crippen LogP contribution in [0.25, 0.3) is 0 Å². The number of ether oxygens (including phenoxy) is 1. The molecule has 1 aliphatic carbocycles. The van der Waals surface area contributed by atoms with Crippen molar-refractivity contribution < 1.29 is 9.53 Å². The first-order valence-corrected chi connectivity index (χ1v) is 8.07. The number of carbonyl (C=O) groups is 1. The van der Waals surface area contributed by atoms with Crippen molar-refractivity contribution >= 4 is 5.91 Å². The third-order valence-corrected chi connectivity index (χ3v) is 5.06. The molecule has 1 atom stereocenters. The van der Waals surface area contributed by atoms with E-state index in [1.807, 2.05) is 11.8 Å². The summed E-state index contributed by atoms with van der Waals surface area (Å²) in [6.45, 7) is 7.80. The second-order valence-electron chi connectivity index (χ2n) is 6.52. The zero-order chi connectivity index (χ0) is 14.0. The van der Waals surface area contributed by atoms with Gasteiger partial charge in [-0.05, 0) is 19.8 Å². The Kier molecular flexibility index (Phi) is 4.29. The van der Waals surface area contributed by atoms with Gasteiger partial charge in [0.25, 0.3) is 5.91 Å². The summed E-state index contributed by atoms with van der Waals surface area (Å²) < 4.78 is 5.74. The summed E-state index contributed by atoms with van der Waals surface area (Å²) in [6.07, 6.45) is 5.44. The highest BCUT2D eigenvalue weighted by atomic mass is 16.5. The zero-order valence-electron chi connectivity index (χ0n) is 12.6. The van der Waals surface area contributed by atoms with Gasteiger partial charge < -0.3 is 15.0 Å². The number of rotatable bonds is 2. The lowest BCUT2D eigenvalue weighted by Gasteiger charge is -2.42. The minimum Gasteiger partial charge on any atom is -0.363 e. The molecule has 2 aliphatic heterocycles. The number of nitrogens with zero attached hydrogens (tertiary/aromatic N) is 2. The van der Waals surface area contributed by atoms with Crippen molar-refractivity contribution in [1.82, 2.24) is 15.1 Å². The van der Waals surface area contributed by atoms with E-state index in [1.165, 1.54) is 25.7 Å². The molecule has 0 spiro atoms. The Bertz CT molecular complexity index is 341. The Hall–Kier alpha value is -0.650. The van der Waals surface area contributed by atoms with E-state index in [9.17, 15) is 4.79 Å². The predicted octanol–water partition coefficient (Wildman–Crippen LogP) is 0.452. The Morgan fingerprint density at radius 1 is 1.20 bits per heavy atom. The van der Waals surface area contributed by atoms with E-state index >= 15 is 0 Å². The van der Waals surface area contributed by atoms with Crippen molar-refractivity contribution in [1.29, 1.82) is 0 Å². The van der Waals surface area contributed by atoms with E-state index in [2.05, 4.69) is 10.2 Å². The maximum absolute atomic E-state index is 12.6. The van der Waals surface area contributed by atoms with Crippen LogP contribution in [0.15, 0.2) is 0 Å². The van der Waals surface area contributed by atoms with Gasteiger partial charge >= 0.3 is 0 Å². The van der Waals surface area contributed by atoms with Gasteiger partial charge in [-0.15, -0.1) is 0 Å². The van der Waals surface area contributed by atoms with Gasteiger partial charge in [0.15, 0.2) is 5.60 Å². The molecule has 2 heterocycles. The molecule has 0 unspecified atom stereocenters. The average molecular weight is 281 g/mol. The molecule has 3 fully saturated rings. The van der Waals surface area contributed by atoms with Crippen LogP contribution in [0.1, 0.15) is 32.6 Å². The maximum atomic E-state index is 12.6. The number of carbonyl (C=O) groups excluding carboxylic acids is 1. The van der Waals surface area contributed by atoms with Crippen molar-refractivity contribution in [2.24, 2.45) is 0 Å². The summed E-state index contributed by atoms with van der Waals surface area (Å²) in [5.74, 6) is 0.163. The van der Waals surface area contributed by atoms with E-state index in [1.54, 1.807) is 0 Å². The van der Waals surface area contributed by atoms with E-state index in [0.29, 0.717) is 13.2 Å². The van der Waals surface area contributed by atoms with Crippen LogP contribution < -0.4 is 5.32 Å². The van der Waals surface area contributed by atoms with Crippen LogP contribution in [0.4, 0.5) is 0 Å². The normalized spacial score (nSPS) is 33.5. The Balaban J connectivity index is 1.53. The van der Waals surface area contributed by atoms with E-state index in [0.717, 1.165) is 38.8 Å². The van der Waals surface area contributed by atoms with Crippen LogP contribution in [0, 0.1) is 0 Å². The van der Waals surface area contributed by atoms with Gasteiger partial charge in [-0.1, -0.05) is 12.8 Å². The molecule has 3 aliphatic rings. The van der Waals surface area contributed by atoms with Crippen molar-refractivity contribution in [3.8, 4) is 0 Å². The molecule has 5 nitrogen and oxygen atoms in total. The summed E-state index contributed by atoms with van der Waals surface area (Å²) in [4.78, 5) is 17.2. The topological polar surface area (TPSA) is 44.8 Å². The van der Waals surface area contributed by atoms with E-state index in [-0.39, 0.29) is 5.91 Å². The fourth-order valence-corrected chi connectivity index (χ4v) is 3.76. The smallest absolute Gasteiger partial charge is 0.255 e. The Labute approximate surface area is 121 Å². The summed E-state index contributed by atoms with van der Waals surface area (Å²) in [5, 5.41) is 3.27. The first kappa shape index (κ1) is 14.3. The van der Waals surface area contributed by atoms with Gasteiger partial charge in [-0.25, -0.2) is 0 Å². The highest BCUT2D eigenvalue weighted by molar-refractivity contribution is 5.85. The molecule has 1 N–H and O–H groups in total. The molecular weight excluding hydrogens is 254 g/mol. The van der Waals surface area contributed by atoms with Crippen LogP contribution in [-0.2, 0) is 9.53 Å². The van der Waals surface area contributed by atoms with Gasteiger partial charge in [0.1, 0.15) is 0 Å². The molecule has 5 heteroatoms. The summed E-state index contributed by atoms with van der Waals surface area (Å²) in [7, 11) is 0. The zero-order valence-corrected chi connectivity index (χ0v) is 12.6. The lowest BCUT2D eigenvalue weighted by atomic mass is 10.0. The largest absolute Gasteiger partial charge is 0.363 e. The molecule has 1 amide bonds. The molecule has 20 heavy (non-hydrogen) atoms. The van der Waals surface area contributed by atoms with Crippen LogP contribution in [0.5, 0.6) is 0 Å². The van der Waals surface area contributed by atoms with Crippen LogP contribution in [0.3, 0.4) is 0 Å². The summed E-state index contributed by atoms with van der Waals surface area (Å²) >= 11 is 0. The lowest BCUT2D eigenvalue weighted by molar-refractivity contribution is -0.161. The minimum absolute atomic E-state index is 0.163. The molecule has 0 aromatic rings. The number of piperazine rings is 1. The third-order valence-electron chi connectivity index (χ3n) is 5.06. The quantitative estimate of drug-likeness (QED) is 0.798. The van der Waals surface area contributed by atoms with Crippen molar-refractivity contribution in [3.05, 3.63) is 0 Å². The van der Waals surface area contributed by atoms with Crippen LogP contribution >= 0.6 is 0 Å². The second-order valence-corrected chi connectivity index (χ2v) is 6.52. The van der Waals surface area contributed by atoms with Crippen molar-refractivity contribution in [2.45, 2.75) is 44.2 Å². The maximum Gasteiger partial charge on any atom is 0.255 e.